The average molecular weight is 241 g/mol. The van der Waals surface area contributed by atoms with Gasteiger partial charge in [-0.1, -0.05) is 11.6 Å². The summed E-state index contributed by atoms with van der Waals surface area (Å²) in [5.41, 5.74) is -1.74. The zero-order valence-corrected chi connectivity index (χ0v) is 8.21. The second-order valence-corrected chi connectivity index (χ2v) is 3.22. The van der Waals surface area contributed by atoms with Crippen LogP contribution in [-0.4, -0.2) is 5.78 Å². The Morgan fingerprint density at radius 3 is 2.27 bits per heavy atom. The Balaban J connectivity index is 3.41. The molecule has 0 aliphatic rings. The quantitative estimate of drug-likeness (QED) is 0.540. The smallest absolute Gasteiger partial charge is 0.294 e. The van der Waals surface area contributed by atoms with E-state index in [-0.39, 0.29) is 0 Å². The minimum absolute atomic E-state index is 0.451. The molecule has 1 nitrogen and oxygen atoms in total. The lowest BCUT2D eigenvalue weighted by atomic mass is 10.1. The summed E-state index contributed by atoms with van der Waals surface area (Å²) < 4.78 is 49.9. The lowest BCUT2D eigenvalue weighted by molar-refractivity contribution is -0.137. The van der Waals surface area contributed by atoms with Crippen LogP contribution in [0.15, 0.2) is 12.1 Å². The van der Waals surface area contributed by atoms with Gasteiger partial charge in [-0.3, -0.25) is 4.79 Å². The van der Waals surface area contributed by atoms with Gasteiger partial charge in [-0.15, -0.1) is 0 Å². The highest BCUT2D eigenvalue weighted by molar-refractivity contribution is 6.32. The monoisotopic (exact) mass is 240 g/mol. The predicted octanol–water partition coefficient (Wildman–Crippen LogP) is 3.70. The van der Waals surface area contributed by atoms with Crippen LogP contribution in [0.5, 0.6) is 0 Å². The number of benzene rings is 1. The van der Waals surface area contributed by atoms with Crippen molar-refractivity contribution in [2.24, 2.45) is 0 Å². The van der Waals surface area contributed by atoms with Gasteiger partial charge in [0, 0.05) is 0 Å². The van der Waals surface area contributed by atoms with Gasteiger partial charge in [-0.05, 0) is 19.1 Å². The van der Waals surface area contributed by atoms with Crippen LogP contribution in [0, 0.1) is 5.82 Å². The molecule has 0 spiro atoms. The van der Waals surface area contributed by atoms with Crippen molar-refractivity contribution in [1.82, 2.24) is 0 Å². The first-order chi connectivity index (χ1) is 6.75. The third-order valence-electron chi connectivity index (χ3n) is 1.77. The van der Waals surface area contributed by atoms with E-state index in [0.717, 1.165) is 13.0 Å². The van der Waals surface area contributed by atoms with Crippen LogP contribution < -0.4 is 0 Å². The van der Waals surface area contributed by atoms with Gasteiger partial charge < -0.3 is 0 Å². The fourth-order valence-electron chi connectivity index (χ4n) is 1.04. The zero-order chi connectivity index (χ0) is 11.8. The number of ketones is 1. The van der Waals surface area contributed by atoms with E-state index in [0.29, 0.717) is 6.07 Å². The highest BCUT2D eigenvalue weighted by Crippen LogP contribution is 2.36. The first-order valence-electron chi connectivity index (χ1n) is 3.81. The summed E-state index contributed by atoms with van der Waals surface area (Å²) in [6.07, 6.45) is -4.73. The van der Waals surface area contributed by atoms with Crippen LogP contribution in [0.2, 0.25) is 5.02 Å². The Morgan fingerprint density at radius 2 is 1.87 bits per heavy atom. The Labute approximate surface area is 87.7 Å². The van der Waals surface area contributed by atoms with Crippen LogP contribution in [0.1, 0.15) is 22.8 Å². The number of alkyl halides is 3. The van der Waals surface area contributed by atoms with Gasteiger partial charge in [0.15, 0.2) is 11.6 Å². The molecule has 0 aromatic heterocycles. The maximum absolute atomic E-state index is 13.2. The lowest BCUT2D eigenvalue weighted by Crippen LogP contribution is -2.09. The summed E-state index contributed by atoms with van der Waals surface area (Å²) in [5, 5.41) is -1.07. The largest absolute Gasteiger partial charge is 0.417 e. The summed E-state index contributed by atoms with van der Waals surface area (Å²) in [6, 6.07) is 1.36. The molecule has 1 aromatic carbocycles. The lowest BCUT2D eigenvalue weighted by Gasteiger charge is -2.10. The molecule has 6 heteroatoms. The normalized spacial score (nSPS) is 11.6. The van der Waals surface area contributed by atoms with E-state index in [2.05, 4.69) is 0 Å². The van der Waals surface area contributed by atoms with Gasteiger partial charge in [0.2, 0.25) is 0 Å². The van der Waals surface area contributed by atoms with Gasteiger partial charge in [0.25, 0.3) is 0 Å². The Hall–Kier alpha value is -1.10. The minimum atomic E-state index is -4.73. The third-order valence-corrected chi connectivity index (χ3v) is 2.14. The van der Waals surface area contributed by atoms with E-state index in [1.54, 1.807) is 0 Å². The SMILES string of the molecule is CC(=O)c1ccc(C(F)(F)F)c(Cl)c1F. The Kier molecular flexibility index (Phi) is 3.04. The molecule has 0 heterocycles. The molecule has 1 rings (SSSR count). The second kappa shape index (κ2) is 3.81. The summed E-state index contributed by atoms with van der Waals surface area (Å²) in [5.74, 6) is -2.01. The van der Waals surface area contributed by atoms with Crippen LogP contribution in [0.3, 0.4) is 0 Å². The molecular formula is C9H5ClF4O. The van der Waals surface area contributed by atoms with Gasteiger partial charge in [0.1, 0.15) is 0 Å². The van der Waals surface area contributed by atoms with E-state index in [4.69, 9.17) is 11.6 Å². The van der Waals surface area contributed by atoms with E-state index >= 15 is 0 Å². The van der Waals surface area contributed by atoms with E-state index < -0.39 is 33.9 Å². The highest BCUT2D eigenvalue weighted by atomic mass is 35.5. The average Bonchev–Trinajstić information content (AvgIpc) is 2.06. The van der Waals surface area contributed by atoms with Gasteiger partial charge in [-0.2, -0.15) is 13.2 Å². The van der Waals surface area contributed by atoms with Crippen molar-refractivity contribution in [3.8, 4) is 0 Å². The Bertz CT molecular complexity index is 411. The highest BCUT2D eigenvalue weighted by Gasteiger charge is 2.35. The molecule has 0 bridgehead atoms. The molecule has 0 fully saturated rings. The van der Waals surface area contributed by atoms with E-state index in [1.807, 2.05) is 0 Å². The zero-order valence-electron chi connectivity index (χ0n) is 7.45. The molecule has 0 radical (unpaired) electrons. The fraction of sp³-hybridized carbons (Fsp3) is 0.222. The number of halogens is 5. The van der Waals surface area contributed by atoms with Crippen molar-refractivity contribution >= 4 is 17.4 Å². The topological polar surface area (TPSA) is 17.1 Å². The van der Waals surface area contributed by atoms with Crippen LogP contribution in [0.25, 0.3) is 0 Å². The molecule has 82 valence electrons. The van der Waals surface area contributed by atoms with E-state index in [9.17, 15) is 22.4 Å². The van der Waals surface area contributed by atoms with Gasteiger partial charge >= 0.3 is 6.18 Å². The van der Waals surface area contributed by atoms with Crippen LogP contribution in [-0.2, 0) is 6.18 Å². The summed E-state index contributed by atoms with van der Waals surface area (Å²) in [6.45, 7) is 1.04. The van der Waals surface area contributed by atoms with E-state index in [1.165, 1.54) is 0 Å². The fourth-order valence-corrected chi connectivity index (χ4v) is 1.31. The van der Waals surface area contributed by atoms with Crippen LogP contribution in [0.4, 0.5) is 17.6 Å². The first-order valence-corrected chi connectivity index (χ1v) is 4.19. The summed E-state index contributed by atoms with van der Waals surface area (Å²) in [7, 11) is 0. The number of carbonyl (C=O) groups excluding carboxylic acids is 1. The standard InChI is InChI=1S/C9H5ClF4O/c1-4(15)5-2-3-6(9(12,13)14)7(10)8(5)11/h2-3H,1H3. The molecule has 0 aliphatic carbocycles. The molecule has 0 atom stereocenters. The van der Waals surface area contributed by atoms with Crippen molar-refractivity contribution in [2.45, 2.75) is 13.1 Å². The predicted molar refractivity (Wildman–Crippen MR) is 46.4 cm³/mol. The minimum Gasteiger partial charge on any atom is -0.294 e. The molecule has 0 aliphatic heterocycles. The number of carbonyl (C=O) groups is 1. The van der Waals surface area contributed by atoms with Crippen molar-refractivity contribution in [3.63, 3.8) is 0 Å². The maximum Gasteiger partial charge on any atom is 0.417 e. The first kappa shape index (κ1) is 12.0. The Morgan fingerprint density at radius 1 is 1.33 bits per heavy atom. The molecule has 0 N–H and O–H groups in total. The van der Waals surface area contributed by atoms with Gasteiger partial charge in [0.05, 0.1) is 16.1 Å². The van der Waals surface area contributed by atoms with Crippen molar-refractivity contribution < 1.29 is 22.4 Å². The number of Topliss-reactive ketones (excluding diaryl/α,β-unsaturated/α-hetero) is 1. The number of rotatable bonds is 1. The molecular weight excluding hydrogens is 236 g/mol. The molecule has 0 unspecified atom stereocenters. The number of hydrogen-bond donors (Lipinski definition) is 0. The third kappa shape index (κ3) is 2.28. The van der Waals surface area contributed by atoms with Crippen molar-refractivity contribution in [2.75, 3.05) is 0 Å². The molecule has 0 saturated heterocycles. The van der Waals surface area contributed by atoms with Crippen molar-refractivity contribution in [1.29, 1.82) is 0 Å². The van der Waals surface area contributed by atoms with Gasteiger partial charge in [-0.25, -0.2) is 4.39 Å². The molecule has 15 heavy (non-hydrogen) atoms. The molecule has 0 amide bonds. The summed E-state index contributed by atoms with van der Waals surface area (Å²) >= 11 is 5.18. The van der Waals surface area contributed by atoms with Crippen LogP contribution >= 0.6 is 11.6 Å². The molecule has 1 aromatic rings. The maximum atomic E-state index is 13.2. The van der Waals surface area contributed by atoms with Crippen molar-refractivity contribution in [3.05, 3.63) is 34.1 Å². The summed E-state index contributed by atoms with van der Waals surface area (Å²) in [4.78, 5) is 10.8. The number of hydrogen-bond acceptors (Lipinski definition) is 1. The second-order valence-electron chi connectivity index (χ2n) is 2.84. The molecule has 0 saturated carbocycles.